The molecule has 1 aliphatic heterocycles. The maximum absolute atomic E-state index is 12.2. The molecule has 3 rings (SSSR count). The summed E-state index contributed by atoms with van der Waals surface area (Å²) in [5.41, 5.74) is 1.05. The van der Waals surface area contributed by atoms with Gasteiger partial charge < -0.3 is 10.1 Å². The number of ether oxygens (including phenoxy) is 1. The first-order valence-electron chi connectivity index (χ1n) is 8.17. The third-order valence-electron chi connectivity index (χ3n) is 4.05. The molecule has 1 aliphatic rings. The summed E-state index contributed by atoms with van der Waals surface area (Å²) in [6.07, 6.45) is 0.613. The second-order valence-corrected chi connectivity index (χ2v) is 6.34. The first-order valence-corrected chi connectivity index (χ1v) is 8.54. The number of nitrogens with one attached hydrogen (secondary N) is 1. The highest BCUT2D eigenvalue weighted by molar-refractivity contribution is 6.30. The Kier molecular flexibility index (Phi) is 5.56. The molecule has 0 radical (unpaired) electrons. The molecular weight excluding hydrogens is 374 g/mol. The van der Waals surface area contributed by atoms with E-state index in [1.807, 2.05) is 12.1 Å². The molecule has 9 heteroatoms. The SMILES string of the molecule is O=C(CN1C(=O)COc2ccc([N+](=O)[O-])cc21)NCCc1ccc(Cl)cc1. The summed E-state index contributed by atoms with van der Waals surface area (Å²) in [7, 11) is 0. The summed E-state index contributed by atoms with van der Waals surface area (Å²) in [4.78, 5) is 36.0. The van der Waals surface area contributed by atoms with Gasteiger partial charge in [0.15, 0.2) is 6.61 Å². The largest absolute Gasteiger partial charge is 0.482 e. The number of non-ortho nitro benzene ring substituents is 1. The summed E-state index contributed by atoms with van der Waals surface area (Å²) < 4.78 is 5.27. The molecule has 1 N–H and O–H groups in total. The minimum Gasteiger partial charge on any atom is -0.482 e. The van der Waals surface area contributed by atoms with Crippen LogP contribution in [0.5, 0.6) is 5.75 Å². The maximum atomic E-state index is 12.2. The lowest BCUT2D eigenvalue weighted by atomic mass is 10.1. The Balaban J connectivity index is 1.63. The van der Waals surface area contributed by atoms with Gasteiger partial charge in [0.1, 0.15) is 12.3 Å². The van der Waals surface area contributed by atoms with Crippen molar-refractivity contribution in [3.8, 4) is 5.75 Å². The van der Waals surface area contributed by atoms with Crippen molar-refractivity contribution in [1.29, 1.82) is 0 Å². The minimum absolute atomic E-state index is 0.180. The van der Waals surface area contributed by atoms with Crippen molar-refractivity contribution in [3.05, 3.63) is 63.2 Å². The molecule has 0 aromatic heterocycles. The predicted octanol–water partition coefficient (Wildman–Crippen LogP) is 2.33. The number of rotatable bonds is 6. The standard InChI is InChI=1S/C18H16ClN3O5/c19-13-3-1-12(2-4-13)7-8-20-17(23)10-21-15-9-14(22(25)26)5-6-16(15)27-11-18(21)24/h1-6,9H,7-8,10-11H2,(H,20,23). The van der Waals surface area contributed by atoms with Crippen LogP contribution in [-0.2, 0) is 16.0 Å². The summed E-state index contributed by atoms with van der Waals surface area (Å²) in [5, 5.41) is 14.3. The van der Waals surface area contributed by atoms with Crippen molar-refractivity contribution in [2.75, 3.05) is 24.6 Å². The van der Waals surface area contributed by atoms with E-state index >= 15 is 0 Å². The third-order valence-corrected chi connectivity index (χ3v) is 4.30. The minimum atomic E-state index is -0.566. The van der Waals surface area contributed by atoms with Gasteiger partial charge in [-0.1, -0.05) is 23.7 Å². The highest BCUT2D eigenvalue weighted by Crippen LogP contribution is 2.35. The highest BCUT2D eigenvalue weighted by atomic mass is 35.5. The number of hydrogen-bond donors (Lipinski definition) is 1. The van der Waals surface area contributed by atoms with Gasteiger partial charge in [0.2, 0.25) is 5.91 Å². The third kappa shape index (κ3) is 4.53. The second-order valence-electron chi connectivity index (χ2n) is 5.90. The van der Waals surface area contributed by atoms with Crippen LogP contribution in [0.4, 0.5) is 11.4 Å². The summed E-state index contributed by atoms with van der Waals surface area (Å²) >= 11 is 5.83. The molecule has 2 amide bonds. The fraction of sp³-hybridized carbons (Fsp3) is 0.222. The Morgan fingerprint density at radius 3 is 2.70 bits per heavy atom. The fourth-order valence-electron chi connectivity index (χ4n) is 2.67. The van der Waals surface area contributed by atoms with E-state index in [-0.39, 0.29) is 30.4 Å². The van der Waals surface area contributed by atoms with Crippen LogP contribution in [0.2, 0.25) is 5.02 Å². The second kappa shape index (κ2) is 8.05. The molecule has 27 heavy (non-hydrogen) atoms. The highest BCUT2D eigenvalue weighted by Gasteiger charge is 2.29. The molecule has 8 nitrogen and oxygen atoms in total. The number of benzene rings is 2. The number of nitro benzene ring substituents is 1. The molecular formula is C18H16ClN3O5. The lowest BCUT2D eigenvalue weighted by Gasteiger charge is -2.28. The van der Waals surface area contributed by atoms with Crippen molar-refractivity contribution < 1.29 is 19.2 Å². The van der Waals surface area contributed by atoms with Gasteiger partial charge in [0, 0.05) is 23.7 Å². The Hall–Kier alpha value is -3.13. The average Bonchev–Trinajstić information content (AvgIpc) is 2.65. The van der Waals surface area contributed by atoms with Crippen molar-refractivity contribution in [2.45, 2.75) is 6.42 Å². The number of nitro groups is 1. The van der Waals surface area contributed by atoms with Crippen LogP contribution in [0, 0.1) is 10.1 Å². The van der Waals surface area contributed by atoms with Crippen LogP contribution >= 0.6 is 11.6 Å². The Morgan fingerprint density at radius 2 is 2.00 bits per heavy atom. The molecule has 1 heterocycles. The van der Waals surface area contributed by atoms with Crippen molar-refractivity contribution in [3.63, 3.8) is 0 Å². The van der Waals surface area contributed by atoms with E-state index in [0.717, 1.165) is 5.56 Å². The fourth-order valence-corrected chi connectivity index (χ4v) is 2.80. The first kappa shape index (κ1) is 18.7. The number of fused-ring (bicyclic) bond motifs is 1. The van der Waals surface area contributed by atoms with Gasteiger partial charge in [-0.05, 0) is 30.2 Å². The molecule has 2 aromatic carbocycles. The molecule has 0 atom stereocenters. The molecule has 0 fully saturated rings. The van der Waals surface area contributed by atoms with Gasteiger partial charge in [-0.25, -0.2) is 0 Å². The number of hydrogen-bond acceptors (Lipinski definition) is 5. The molecule has 2 aromatic rings. The van der Waals surface area contributed by atoms with E-state index in [9.17, 15) is 19.7 Å². The summed E-state index contributed by atoms with van der Waals surface area (Å²) in [6.45, 7) is -0.0688. The van der Waals surface area contributed by atoms with E-state index in [2.05, 4.69) is 5.32 Å². The topological polar surface area (TPSA) is 102 Å². The quantitative estimate of drug-likeness (QED) is 0.603. The zero-order valence-electron chi connectivity index (χ0n) is 14.2. The van der Waals surface area contributed by atoms with E-state index in [1.165, 1.54) is 23.1 Å². The molecule has 0 spiro atoms. The van der Waals surface area contributed by atoms with Crippen molar-refractivity contribution in [2.24, 2.45) is 0 Å². The van der Waals surface area contributed by atoms with Gasteiger partial charge in [0.05, 0.1) is 10.6 Å². The van der Waals surface area contributed by atoms with Crippen LogP contribution in [0.15, 0.2) is 42.5 Å². The average molecular weight is 390 g/mol. The van der Waals surface area contributed by atoms with Gasteiger partial charge in [-0.3, -0.25) is 24.6 Å². The van der Waals surface area contributed by atoms with Crippen LogP contribution in [0.3, 0.4) is 0 Å². The number of halogens is 1. The number of amides is 2. The van der Waals surface area contributed by atoms with Crippen LogP contribution in [0.1, 0.15) is 5.56 Å². The van der Waals surface area contributed by atoms with Crippen LogP contribution < -0.4 is 15.0 Å². The van der Waals surface area contributed by atoms with Gasteiger partial charge in [0.25, 0.3) is 11.6 Å². The van der Waals surface area contributed by atoms with Crippen LogP contribution in [0.25, 0.3) is 0 Å². The number of anilines is 1. The van der Waals surface area contributed by atoms with E-state index in [0.29, 0.717) is 23.7 Å². The number of nitrogens with zero attached hydrogens (tertiary/aromatic N) is 2. The van der Waals surface area contributed by atoms with Gasteiger partial charge in [-0.15, -0.1) is 0 Å². The number of carbonyl (C=O) groups excluding carboxylic acids is 2. The molecule has 0 aliphatic carbocycles. The molecule has 140 valence electrons. The lowest BCUT2D eigenvalue weighted by molar-refractivity contribution is -0.384. The zero-order chi connectivity index (χ0) is 19.4. The molecule has 0 bridgehead atoms. The lowest BCUT2D eigenvalue weighted by Crippen LogP contribution is -2.45. The van der Waals surface area contributed by atoms with Crippen molar-refractivity contribution >= 4 is 34.8 Å². The van der Waals surface area contributed by atoms with E-state index in [1.54, 1.807) is 12.1 Å². The van der Waals surface area contributed by atoms with Gasteiger partial charge in [-0.2, -0.15) is 0 Å². The summed E-state index contributed by atoms with van der Waals surface area (Å²) in [5.74, 6) is -0.471. The van der Waals surface area contributed by atoms with Gasteiger partial charge >= 0.3 is 0 Å². The normalized spacial score (nSPS) is 12.9. The Bertz CT molecular complexity index is 885. The van der Waals surface area contributed by atoms with E-state index < -0.39 is 10.8 Å². The molecule has 0 saturated carbocycles. The molecule has 0 unspecified atom stereocenters. The van der Waals surface area contributed by atoms with Crippen LogP contribution in [-0.4, -0.2) is 36.4 Å². The maximum Gasteiger partial charge on any atom is 0.271 e. The predicted molar refractivity (Wildman–Crippen MR) is 99.1 cm³/mol. The van der Waals surface area contributed by atoms with Crippen molar-refractivity contribution in [1.82, 2.24) is 5.32 Å². The summed E-state index contributed by atoms with van der Waals surface area (Å²) in [6, 6.07) is 11.2. The Morgan fingerprint density at radius 1 is 1.26 bits per heavy atom. The first-order chi connectivity index (χ1) is 12.9. The van der Waals surface area contributed by atoms with E-state index in [4.69, 9.17) is 16.3 Å². The zero-order valence-corrected chi connectivity index (χ0v) is 14.9. The Labute approximate surface area is 159 Å². The molecule has 0 saturated heterocycles. The number of carbonyl (C=O) groups is 2. The smallest absolute Gasteiger partial charge is 0.271 e. The monoisotopic (exact) mass is 389 g/mol.